The molecule has 5 heteroatoms. The van der Waals surface area contributed by atoms with E-state index in [4.69, 9.17) is 0 Å². The highest BCUT2D eigenvalue weighted by Crippen LogP contribution is 2.33. The van der Waals surface area contributed by atoms with Crippen molar-refractivity contribution in [3.05, 3.63) is 77.4 Å². The summed E-state index contributed by atoms with van der Waals surface area (Å²) < 4.78 is 0. The summed E-state index contributed by atoms with van der Waals surface area (Å²) in [6, 6.07) is 18.6. The number of urea groups is 1. The first-order valence-corrected chi connectivity index (χ1v) is 13.2. The molecule has 3 amide bonds. The number of hydrogen-bond donors (Lipinski definition) is 0. The number of amides is 3. The Morgan fingerprint density at radius 3 is 1.89 bits per heavy atom. The lowest BCUT2D eigenvalue weighted by Crippen LogP contribution is -2.49. The predicted octanol–water partition coefficient (Wildman–Crippen LogP) is 5.47. The predicted molar refractivity (Wildman–Crippen MR) is 140 cm³/mol. The lowest BCUT2D eigenvalue weighted by atomic mass is 9.78. The van der Waals surface area contributed by atoms with Gasteiger partial charge in [-0.2, -0.15) is 0 Å². The van der Waals surface area contributed by atoms with E-state index in [0.29, 0.717) is 18.4 Å². The van der Waals surface area contributed by atoms with E-state index in [0.717, 1.165) is 70.4 Å². The van der Waals surface area contributed by atoms with Crippen LogP contribution in [0, 0.1) is 18.8 Å². The molecule has 3 heterocycles. The van der Waals surface area contributed by atoms with Gasteiger partial charge in [0, 0.05) is 44.8 Å². The highest BCUT2D eigenvalue weighted by atomic mass is 16.2. The van der Waals surface area contributed by atoms with E-state index in [1.807, 2.05) is 47.1 Å². The summed E-state index contributed by atoms with van der Waals surface area (Å²) in [5, 5.41) is 0. The van der Waals surface area contributed by atoms with Crippen molar-refractivity contribution in [1.29, 1.82) is 0 Å². The van der Waals surface area contributed by atoms with Gasteiger partial charge in [0.05, 0.1) is 0 Å². The lowest BCUT2D eigenvalue weighted by Gasteiger charge is -2.41. The van der Waals surface area contributed by atoms with Gasteiger partial charge in [0.1, 0.15) is 0 Å². The number of carbonyl (C=O) groups is 2. The maximum atomic E-state index is 13.1. The lowest BCUT2D eigenvalue weighted by molar-refractivity contribution is 0.0605. The molecule has 0 bridgehead atoms. The Balaban J connectivity index is 1.07. The number of hydrogen-bond acceptors (Lipinski definition) is 2. The van der Waals surface area contributed by atoms with Crippen molar-refractivity contribution in [1.82, 2.24) is 14.7 Å². The van der Waals surface area contributed by atoms with Crippen LogP contribution in [0.15, 0.2) is 60.7 Å². The van der Waals surface area contributed by atoms with Crippen LogP contribution in [0.2, 0.25) is 0 Å². The molecule has 0 unspecified atom stereocenters. The van der Waals surface area contributed by atoms with Gasteiger partial charge in [0.15, 0.2) is 0 Å². The Bertz CT molecular complexity index is 1050. The topological polar surface area (TPSA) is 43.9 Å². The van der Waals surface area contributed by atoms with Crippen molar-refractivity contribution < 1.29 is 9.59 Å². The summed E-state index contributed by atoms with van der Waals surface area (Å²) in [4.78, 5) is 32.1. The van der Waals surface area contributed by atoms with Crippen LogP contribution in [0.4, 0.5) is 4.79 Å². The van der Waals surface area contributed by atoms with Crippen LogP contribution in [0.3, 0.4) is 0 Å². The van der Waals surface area contributed by atoms with Crippen LogP contribution in [0.1, 0.15) is 53.6 Å². The van der Waals surface area contributed by atoms with E-state index in [-0.39, 0.29) is 11.9 Å². The van der Waals surface area contributed by atoms with Crippen LogP contribution in [0.5, 0.6) is 0 Å². The molecule has 0 saturated carbocycles. The molecule has 0 N–H and O–H groups in total. The van der Waals surface area contributed by atoms with Gasteiger partial charge in [-0.25, -0.2) is 4.79 Å². The second-order valence-corrected chi connectivity index (χ2v) is 10.4. The quantitative estimate of drug-likeness (QED) is 0.596. The first kappa shape index (κ1) is 23.7. The molecule has 5 rings (SSSR count). The molecule has 2 saturated heterocycles. The summed E-state index contributed by atoms with van der Waals surface area (Å²) in [5.74, 6) is 1.50. The Hall–Kier alpha value is -3.08. The molecule has 2 aromatic carbocycles. The fourth-order valence-electron chi connectivity index (χ4n) is 5.97. The van der Waals surface area contributed by atoms with E-state index in [2.05, 4.69) is 35.2 Å². The third-order valence-electron chi connectivity index (χ3n) is 8.23. The van der Waals surface area contributed by atoms with Crippen LogP contribution < -0.4 is 0 Å². The Morgan fingerprint density at radius 2 is 1.31 bits per heavy atom. The van der Waals surface area contributed by atoms with Gasteiger partial charge in [-0.1, -0.05) is 54.1 Å². The van der Waals surface area contributed by atoms with Crippen molar-refractivity contribution >= 4 is 17.5 Å². The minimum absolute atomic E-state index is 0.162. The van der Waals surface area contributed by atoms with Crippen LogP contribution >= 0.6 is 0 Å². The summed E-state index contributed by atoms with van der Waals surface area (Å²) in [6.07, 6.45) is 7.47. The van der Waals surface area contributed by atoms with Gasteiger partial charge in [0.2, 0.25) is 0 Å². The number of carbonyl (C=O) groups excluding carboxylic acids is 2. The average Bonchev–Trinajstić information content (AvgIpc) is 2.93. The zero-order valence-corrected chi connectivity index (χ0v) is 20.9. The van der Waals surface area contributed by atoms with Gasteiger partial charge in [0.25, 0.3) is 5.91 Å². The molecule has 0 atom stereocenters. The normalized spacial score (nSPS) is 20.0. The minimum atomic E-state index is 0.162. The molecule has 3 aliphatic heterocycles. The van der Waals surface area contributed by atoms with E-state index in [9.17, 15) is 9.59 Å². The number of likely N-dealkylation sites (tertiary alicyclic amines) is 2. The first-order chi connectivity index (χ1) is 17.1. The van der Waals surface area contributed by atoms with Crippen molar-refractivity contribution in [3.8, 4) is 0 Å². The zero-order valence-electron chi connectivity index (χ0n) is 20.9. The highest BCUT2D eigenvalue weighted by molar-refractivity contribution is 5.94. The number of benzene rings is 2. The second-order valence-electron chi connectivity index (χ2n) is 10.4. The smallest absolute Gasteiger partial charge is 0.320 e. The van der Waals surface area contributed by atoms with Crippen molar-refractivity contribution in [2.45, 2.75) is 39.0 Å². The molecule has 3 aliphatic rings. The van der Waals surface area contributed by atoms with Crippen molar-refractivity contribution in [2.24, 2.45) is 11.8 Å². The molecule has 2 aromatic rings. The molecule has 0 radical (unpaired) electrons. The second kappa shape index (κ2) is 10.7. The fraction of sp³-hybridized carbons (Fsp3) is 0.467. The standard InChI is InChI=1S/C30H37N3O2/c1-23-7-9-28(10-8-23)29(34)31-17-11-26(12-18-31)27-15-21-33(22-16-27)30(35)32-19-13-25(14-20-32)24-5-3-2-4-6-24/h2-10,13,26-27H,11-12,14-22H2,1H3. The summed E-state index contributed by atoms with van der Waals surface area (Å²) in [7, 11) is 0. The average molecular weight is 472 g/mol. The molecular formula is C30H37N3O2. The van der Waals surface area contributed by atoms with Gasteiger partial charge < -0.3 is 14.7 Å². The van der Waals surface area contributed by atoms with E-state index < -0.39 is 0 Å². The van der Waals surface area contributed by atoms with Crippen LogP contribution in [-0.2, 0) is 0 Å². The van der Waals surface area contributed by atoms with E-state index in [1.54, 1.807) is 0 Å². The number of rotatable bonds is 3. The molecule has 5 nitrogen and oxygen atoms in total. The largest absolute Gasteiger partial charge is 0.339 e. The summed E-state index contributed by atoms with van der Waals surface area (Å²) >= 11 is 0. The SMILES string of the molecule is Cc1ccc(C(=O)N2CCC(C3CCN(C(=O)N4CC=C(c5ccccc5)CC4)CC3)CC2)cc1. The maximum Gasteiger partial charge on any atom is 0.320 e. The van der Waals surface area contributed by atoms with Gasteiger partial charge >= 0.3 is 6.03 Å². The molecule has 0 aromatic heterocycles. The third kappa shape index (κ3) is 5.44. The molecule has 2 fully saturated rings. The maximum absolute atomic E-state index is 13.1. The summed E-state index contributed by atoms with van der Waals surface area (Å²) in [6.45, 7) is 6.96. The first-order valence-electron chi connectivity index (χ1n) is 13.2. The molecule has 35 heavy (non-hydrogen) atoms. The van der Waals surface area contributed by atoms with Crippen molar-refractivity contribution in [2.75, 3.05) is 39.3 Å². The Kier molecular flexibility index (Phi) is 7.21. The molecule has 0 spiro atoms. The van der Waals surface area contributed by atoms with E-state index >= 15 is 0 Å². The van der Waals surface area contributed by atoms with Gasteiger partial charge in [-0.05, 0) is 74.1 Å². The number of piperidine rings is 2. The van der Waals surface area contributed by atoms with Gasteiger partial charge in [-0.15, -0.1) is 0 Å². The fourth-order valence-corrected chi connectivity index (χ4v) is 5.97. The highest BCUT2D eigenvalue weighted by Gasteiger charge is 2.33. The Labute approximate surface area is 209 Å². The minimum Gasteiger partial charge on any atom is -0.339 e. The number of nitrogens with zero attached hydrogens (tertiary/aromatic N) is 3. The molecule has 0 aliphatic carbocycles. The van der Waals surface area contributed by atoms with E-state index in [1.165, 1.54) is 16.7 Å². The monoisotopic (exact) mass is 471 g/mol. The van der Waals surface area contributed by atoms with Gasteiger partial charge in [-0.3, -0.25) is 4.79 Å². The number of aryl methyl sites for hydroxylation is 1. The summed E-state index contributed by atoms with van der Waals surface area (Å²) in [5.41, 5.74) is 4.59. The third-order valence-corrected chi connectivity index (χ3v) is 8.23. The van der Waals surface area contributed by atoms with Crippen LogP contribution in [-0.4, -0.2) is 65.9 Å². The Morgan fingerprint density at radius 1 is 0.714 bits per heavy atom. The van der Waals surface area contributed by atoms with Crippen molar-refractivity contribution in [3.63, 3.8) is 0 Å². The molecular weight excluding hydrogens is 434 g/mol. The molecule has 184 valence electrons. The zero-order chi connectivity index (χ0) is 24.2. The van der Waals surface area contributed by atoms with Crippen LogP contribution in [0.25, 0.3) is 5.57 Å².